The number of ether oxygens (including phenoxy) is 4. The largest absolute Gasteiger partial charge is 0.550 e. The molecule has 3 rings (SSSR count). The number of hydrogen-bond acceptors (Lipinski definition) is 13. The molecule has 0 amide bonds. The normalized spacial score (nSPS) is 37.6. The number of likely N-dealkylation sites (tertiary alicyclic amines) is 1. The molecule has 230 valence electrons. The van der Waals surface area contributed by atoms with Crippen molar-refractivity contribution in [2.45, 2.75) is 56.3 Å². The van der Waals surface area contributed by atoms with Crippen LogP contribution in [0.15, 0.2) is 36.6 Å². The molecule has 0 aromatic heterocycles. The van der Waals surface area contributed by atoms with Crippen molar-refractivity contribution in [1.29, 1.82) is 0 Å². The van der Waals surface area contributed by atoms with Crippen molar-refractivity contribution in [2.75, 3.05) is 33.4 Å². The van der Waals surface area contributed by atoms with Gasteiger partial charge in [0.05, 0.1) is 57.1 Å². The van der Waals surface area contributed by atoms with Crippen molar-refractivity contribution in [2.24, 2.45) is 23.7 Å². The maximum Gasteiger partial charge on any atom is 0.337 e. The number of rotatable bonds is 12. The summed E-state index contributed by atoms with van der Waals surface area (Å²) in [5, 5.41) is 62.5. The number of esters is 1. The third-order valence-electron chi connectivity index (χ3n) is 7.74. The number of quaternary nitrogens is 1. The maximum atomic E-state index is 12.6. The molecule has 3 aliphatic heterocycles. The maximum absolute atomic E-state index is 12.6. The Labute approximate surface area is 237 Å². The van der Waals surface area contributed by atoms with E-state index in [2.05, 4.69) is 6.58 Å². The molecule has 0 aliphatic carbocycles. The van der Waals surface area contributed by atoms with E-state index in [4.69, 9.17) is 18.9 Å². The average molecular weight is 585 g/mol. The number of carboxylic acid groups (broad SMARTS) is 2. The highest BCUT2D eigenvalue weighted by atomic mass is 16.8. The van der Waals surface area contributed by atoms with Crippen LogP contribution >= 0.6 is 0 Å². The van der Waals surface area contributed by atoms with Crippen molar-refractivity contribution < 1.29 is 68.9 Å². The van der Waals surface area contributed by atoms with Crippen molar-refractivity contribution >= 4 is 17.9 Å². The van der Waals surface area contributed by atoms with Crippen LogP contribution in [-0.4, -0.2) is 109 Å². The van der Waals surface area contributed by atoms with Crippen LogP contribution in [0, 0.1) is 23.7 Å². The Morgan fingerprint density at radius 1 is 1.12 bits per heavy atom. The van der Waals surface area contributed by atoms with Gasteiger partial charge in [0, 0.05) is 30.1 Å². The van der Waals surface area contributed by atoms with Gasteiger partial charge in [-0.25, -0.2) is 4.79 Å². The summed E-state index contributed by atoms with van der Waals surface area (Å²) in [4.78, 5) is 36.0. The highest BCUT2D eigenvalue weighted by Gasteiger charge is 2.47. The van der Waals surface area contributed by atoms with Crippen LogP contribution in [0.5, 0.6) is 0 Å². The number of methoxy groups -OCH3 is 1. The molecule has 0 spiro atoms. The molecule has 0 bridgehead atoms. The minimum atomic E-state index is -1.68. The molecule has 14 heteroatoms. The first kappa shape index (κ1) is 32.7. The molecule has 2 fully saturated rings. The van der Waals surface area contributed by atoms with Gasteiger partial charge in [0.2, 0.25) is 6.29 Å². The topological polar surface area (TPSA) is 220 Å². The fraction of sp³-hybridized carbons (Fsp3) is 0.667. The summed E-state index contributed by atoms with van der Waals surface area (Å²) in [6.07, 6.45) is -2.28. The van der Waals surface area contributed by atoms with Crippen LogP contribution in [0.1, 0.15) is 19.3 Å². The van der Waals surface area contributed by atoms with E-state index in [1.807, 2.05) is 0 Å². The van der Waals surface area contributed by atoms with Crippen molar-refractivity contribution in [3.8, 4) is 0 Å². The van der Waals surface area contributed by atoms with Crippen molar-refractivity contribution in [1.82, 2.24) is 0 Å². The molecule has 2 saturated heterocycles. The number of carbonyl (C=O) groups is 3. The number of aliphatic hydroxyl groups excluding tert-OH is 4. The zero-order chi connectivity index (χ0) is 30.3. The van der Waals surface area contributed by atoms with Crippen molar-refractivity contribution in [3.05, 3.63) is 36.6 Å². The molecule has 0 aromatic carbocycles. The van der Waals surface area contributed by atoms with Gasteiger partial charge in [-0.15, -0.1) is 6.58 Å². The predicted octanol–water partition coefficient (Wildman–Crippen LogP) is -5.01. The zero-order valence-electron chi connectivity index (χ0n) is 22.7. The lowest BCUT2D eigenvalue weighted by Gasteiger charge is -2.42. The molecule has 5 N–H and O–H groups in total. The van der Waals surface area contributed by atoms with Gasteiger partial charge in [0.15, 0.2) is 6.29 Å². The standard InChI is InChI=1S/C27H39NO13/c1-3-16-17(7-6-14-9-15(24(35)36)11-28(10-14)8-4-5-20(30)31)18(25(37)38-2)13-39-26(16)41-27-23(34)22(33)21(32)19(12-29)40-27/h3,6-7,13-17,19,21-23,26-27,29,32-34H,1,4-5,8-12H2,2H3,(H,30,31)(H,35,36)/p-1. The summed E-state index contributed by atoms with van der Waals surface area (Å²) in [6.45, 7) is 4.43. The number of aliphatic carboxylic acids is 2. The molecule has 11 unspecified atom stereocenters. The predicted molar refractivity (Wildman–Crippen MR) is 133 cm³/mol. The summed E-state index contributed by atoms with van der Waals surface area (Å²) < 4.78 is 21.7. The lowest BCUT2D eigenvalue weighted by Crippen LogP contribution is -3.14. The number of carboxylic acids is 2. The number of piperidine rings is 1. The minimum absolute atomic E-state index is 0.118. The second kappa shape index (κ2) is 14.9. The van der Waals surface area contributed by atoms with E-state index in [-0.39, 0.29) is 24.3 Å². The Hall–Kier alpha value is -2.85. The first-order valence-electron chi connectivity index (χ1n) is 13.5. The molecule has 41 heavy (non-hydrogen) atoms. The summed E-state index contributed by atoms with van der Waals surface area (Å²) in [5.41, 5.74) is 0.118. The number of aliphatic hydroxyl groups is 4. The van der Waals surface area contributed by atoms with Crippen molar-refractivity contribution in [3.63, 3.8) is 0 Å². The third kappa shape index (κ3) is 8.13. The van der Waals surface area contributed by atoms with Crippen LogP contribution in [-0.2, 0) is 33.3 Å². The Balaban J connectivity index is 1.81. The number of hydrogen-bond donors (Lipinski definition) is 5. The van der Waals surface area contributed by atoms with E-state index < -0.39 is 79.3 Å². The lowest BCUT2D eigenvalue weighted by molar-refractivity contribution is -0.911. The van der Waals surface area contributed by atoms with E-state index in [1.165, 1.54) is 13.2 Å². The molecule has 0 aromatic rings. The lowest BCUT2D eigenvalue weighted by atomic mass is 9.81. The van der Waals surface area contributed by atoms with Crippen LogP contribution in [0.4, 0.5) is 0 Å². The van der Waals surface area contributed by atoms with E-state index in [0.717, 1.165) is 11.2 Å². The summed E-state index contributed by atoms with van der Waals surface area (Å²) in [7, 11) is 1.20. The average Bonchev–Trinajstić information content (AvgIpc) is 2.95. The van der Waals surface area contributed by atoms with E-state index >= 15 is 0 Å². The van der Waals surface area contributed by atoms with Gasteiger partial charge in [0.25, 0.3) is 0 Å². The highest BCUT2D eigenvalue weighted by molar-refractivity contribution is 5.89. The Morgan fingerprint density at radius 2 is 1.85 bits per heavy atom. The Kier molecular flexibility index (Phi) is 11.8. The SMILES string of the molecule is C=CC1C(OC2OC(CO)C(O)C(O)C2O)OC=C(C(=O)OC)C1C=CC1CC(C(=O)[O-])C[NH+](CCCC(=O)[O-])C1. The van der Waals surface area contributed by atoms with Gasteiger partial charge in [-0.05, 0) is 12.8 Å². The summed E-state index contributed by atoms with van der Waals surface area (Å²) in [6, 6.07) is 0. The minimum Gasteiger partial charge on any atom is -0.550 e. The fourth-order valence-corrected chi connectivity index (χ4v) is 5.54. The molecule has 3 aliphatic rings. The second-order valence-corrected chi connectivity index (χ2v) is 10.5. The molecule has 14 nitrogen and oxygen atoms in total. The molecule has 0 saturated carbocycles. The molecule has 3 heterocycles. The van der Waals surface area contributed by atoms with Gasteiger partial charge in [-0.1, -0.05) is 18.2 Å². The van der Waals surface area contributed by atoms with E-state index in [0.29, 0.717) is 26.1 Å². The number of allylic oxidation sites excluding steroid dienone is 1. The molecule has 11 atom stereocenters. The summed E-state index contributed by atoms with van der Waals surface area (Å²) in [5.74, 6) is -5.55. The molecular weight excluding hydrogens is 546 g/mol. The van der Waals surface area contributed by atoms with E-state index in [9.17, 15) is 45.0 Å². The van der Waals surface area contributed by atoms with Crippen LogP contribution < -0.4 is 15.1 Å². The van der Waals surface area contributed by atoms with E-state index in [1.54, 1.807) is 12.2 Å². The Bertz CT molecular complexity index is 998. The second-order valence-electron chi connectivity index (χ2n) is 10.5. The fourth-order valence-electron chi connectivity index (χ4n) is 5.54. The molecule has 0 radical (unpaired) electrons. The zero-order valence-corrected chi connectivity index (χ0v) is 22.7. The van der Waals surface area contributed by atoms with Gasteiger partial charge in [-0.3, -0.25) is 0 Å². The monoisotopic (exact) mass is 584 g/mol. The Morgan fingerprint density at radius 3 is 2.46 bits per heavy atom. The van der Waals surface area contributed by atoms with Gasteiger partial charge in [-0.2, -0.15) is 0 Å². The van der Waals surface area contributed by atoms with Crippen LogP contribution in [0.3, 0.4) is 0 Å². The highest BCUT2D eigenvalue weighted by Crippen LogP contribution is 2.36. The number of nitrogens with one attached hydrogen (secondary N) is 1. The smallest absolute Gasteiger partial charge is 0.337 e. The van der Waals surface area contributed by atoms with Crippen LogP contribution in [0.2, 0.25) is 0 Å². The van der Waals surface area contributed by atoms with Crippen LogP contribution in [0.25, 0.3) is 0 Å². The first-order valence-corrected chi connectivity index (χ1v) is 13.5. The number of carbonyl (C=O) groups excluding carboxylic acids is 3. The summed E-state index contributed by atoms with van der Waals surface area (Å²) >= 11 is 0. The third-order valence-corrected chi connectivity index (χ3v) is 7.74. The molecular formula is C27H38NO13-. The van der Waals surface area contributed by atoms with Gasteiger partial charge >= 0.3 is 5.97 Å². The van der Waals surface area contributed by atoms with Gasteiger partial charge in [0.1, 0.15) is 24.4 Å². The first-order chi connectivity index (χ1) is 19.5. The quantitative estimate of drug-likeness (QED) is 0.107. The van der Waals surface area contributed by atoms with Gasteiger partial charge < -0.3 is 64.1 Å².